The lowest BCUT2D eigenvalue weighted by Gasteiger charge is -2.17. The third-order valence-electron chi connectivity index (χ3n) is 3.50. The van der Waals surface area contributed by atoms with Crippen molar-refractivity contribution in [2.24, 2.45) is 0 Å². The van der Waals surface area contributed by atoms with Gasteiger partial charge >= 0.3 is 5.97 Å². The van der Waals surface area contributed by atoms with E-state index < -0.39 is 12.1 Å². The van der Waals surface area contributed by atoms with E-state index in [1.807, 2.05) is 6.07 Å². The van der Waals surface area contributed by atoms with Crippen molar-refractivity contribution in [1.29, 1.82) is 0 Å². The molecule has 0 bridgehead atoms. The maximum absolute atomic E-state index is 13.8. The second-order valence-corrected chi connectivity index (χ2v) is 5.27. The van der Waals surface area contributed by atoms with E-state index in [1.165, 1.54) is 6.07 Å². The molecule has 0 aliphatic carbocycles. The molecule has 2 atom stereocenters. The summed E-state index contributed by atoms with van der Waals surface area (Å²) in [6.07, 6.45) is 6.70. The highest BCUT2D eigenvalue weighted by molar-refractivity contribution is 5.70. The molecule has 1 aromatic heterocycles. The quantitative estimate of drug-likeness (QED) is 0.597. The van der Waals surface area contributed by atoms with Crippen LogP contribution in [0.3, 0.4) is 0 Å². The van der Waals surface area contributed by atoms with Crippen molar-refractivity contribution in [3.8, 4) is 12.3 Å². The van der Waals surface area contributed by atoms with Crippen molar-refractivity contribution in [1.82, 2.24) is 4.98 Å². The topological polar surface area (TPSA) is 39.2 Å². The van der Waals surface area contributed by atoms with E-state index in [-0.39, 0.29) is 24.6 Å². The van der Waals surface area contributed by atoms with Crippen LogP contribution in [0, 0.1) is 18.2 Å². The number of benzene rings is 1. The average Bonchev–Trinajstić information content (AvgIpc) is 2.55. The Kier molecular flexibility index (Phi) is 5.87. The number of aromatic nitrogens is 1. The highest BCUT2D eigenvalue weighted by atomic mass is 19.1. The molecule has 2 aromatic rings. The Morgan fingerprint density at radius 3 is 2.70 bits per heavy atom. The maximum atomic E-state index is 13.8. The highest BCUT2D eigenvalue weighted by Crippen LogP contribution is 2.25. The fourth-order valence-electron chi connectivity index (χ4n) is 2.32. The van der Waals surface area contributed by atoms with Gasteiger partial charge in [0.1, 0.15) is 5.82 Å². The summed E-state index contributed by atoms with van der Waals surface area (Å²) in [5.74, 6) is 1.46. The standard InChI is InChI=1S/C19H18FNO2/c1-3-8-18(17-11-6-7-12-21-17)23-19(22)13-14(2)15-9-4-5-10-16(15)20/h1,4-7,9-12,14,18H,8,13H2,2H3. The third kappa shape index (κ3) is 4.65. The first kappa shape index (κ1) is 16.7. The largest absolute Gasteiger partial charge is 0.455 e. The van der Waals surface area contributed by atoms with Gasteiger partial charge in [-0.1, -0.05) is 31.2 Å². The van der Waals surface area contributed by atoms with E-state index in [0.717, 1.165) is 0 Å². The summed E-state index contributed by atoms with van der Waals surface area (Å²) in [6, 6.07) is 11.8. The predicted molar refractivity (Wildman–Crippen MR) is 86.0 cm³/mol. The lowest BCUT2D eigenvalue weighted by molar-refractivity contribution is -0.149. The van der Waals surface area contributed by atoms with Crippen LogP contribution in [0.25, 0.3) is 0 Å². The van der Waals surface area contributed by atoms with Crippen molar-refractivity contribution in [3.63, 3.8) is 0 Å². The minimum atomic E-state index is -0.582. The van der Waals surface area contributed by atoms with Gasteiger partial charge in [-0.3, -0.25) is 9.78 Å². The number of pyridine rings is 1. The molecule has 0 saturated heterocycles. The van der Waals surface area contributed by atoms with Crippen molar-refractivity contribution in [2.45, 2.75) is 31.8 Å². The molecule has 2 unspecified atom stereocenters. The maximum Gasteiger partial charge on any atom is 0.307 e. The number of carbonyl (C=O) groups excluding carboxylic acids is 1. The first-order valence-electron chi connectivity index (χ1n) is 7.40. The van der Waals surface area contributed by atoms with Crippen LogP contribution in [0.2, 0.25) is 0 Å². The third-order valence-corrected chi connectivity index (χ3v) is 3.50. The van der Waals surface area contributed by atoms with Gasteiger partial charge in [0.15, 0.2) is 6.10 Å². The predicted octanol–water partition coefficient (Wildman–Crippen LogP) is 4.02. The Morgan fingerprint density at radius 1 is 1.30 bits per heavy atom. The number of hydrogen-bond acceptors (Lipinski definition) is 3. The van der Waals surface area contributed by atoms with Crippen molar-refractivity contribution in [3.05, 3.63) is 65.7 Å². The van der Waals surface area contributed by atoms with E-state index in [1.54, 1.807) is 43.5 Å². The number of terminal acetylenes is 1. The number of carbonyl (C=O) groups is 1. The molecule has 0 N–H and O–H groups in total. The Bertz CT molecular complexity index is 694. The SMILES string of the molecule is C#CCC(OC(=O)CC(C)c1ccccc1F)c1ccccn1. The van der Waals surface area contributed by atoms with E-state index in [2.05, 4.69) is 10.9 Å². The zero-order chi connectivity index (χ0) is 16.7. The van der Waals surface area contributed by atoms with Crippen LogP contribution < -0.4 is 0 Å². The fourth-order valence-corrected chi connectivity index (χ4v) is 2.32. The number of hydrogen-bond donors (Lipinski definition) is 0. The zero-order valence-corrected chi connectivity index (χ0v) is 12.9. The number of halogens is 1. The van der Waals surface area contributed by atoms with Gasteiger partial charge in [0, 0.05) is 6.20 Å². The molecule has 0 saturated carbocycles. The van der Waals surface area contributed by atoms with Gasteiger partial charge in [0.2, 0.25) is 0 Å². The van der Waals surface area contributed by atoms with Gasteiger partial charge in [0.25, 0.3) is 0 Å². The van der Waals surface area contributed by atoms with Crippen molar-refractivity contribution in [2.75, 3.05) is 0 Å². The number of ether oxygens (including phenoxy) is 1. The highest BCUT2D eigenvalue weighted by Gasteiger charge is 2.20. The molecule has 1 aromatic carbocycles. The monoisotopic (exact) mass is 311 g/mol. The van der Waals surface area contributed by atoms with Crippen molar-refractivity contribution < 1.29 is 13.9 Å². The van der Waals surface area contributed by atoms with Gasteiger partial charge in [-0.05, 0) is 29.7 Å². The van der Waals surface area contributed by atoms with Crippen LogP contribution in [0.15, 0.2) is 48.7 Å². The lowest BCUT2D eigenvalue weighted by Crippen LogP contribution is -2.14. The van der Waals surface area contributed by atoms with Gasteiger partial charge in [-0.15, -0.1) is 12.3 Å². The second kappa shape index (κ2) is 8.09. The first-order valence-corrected chi connectivity index (χ1v) is 7.40. The summed E-state index contributed by atoms with van der Waals surface area (Å²) in [7, 11) is 0. The number of rotatable bonds is 6. The normalized spacial score (nSPS) is 12.9. The second-order valence-electron chi connectivity index (χ2n) is 5.27. The molecule has 0 fully saturated rings. The summed E-state index contributed by atoms with van der Waals surface area (Å²) in [5, 5.41) is 0. The van der Waals surface area contributed by atoms with Crippen LogP contribution in [-0.2, 0) is 9.53 Å². The van der Waals surface area contributed by atoms with Gasteiger partial charge in [0.05, 0.1) is 18.5 Å². The van der Waals surface area contributed by atoms with Crippen LogP contribution >= 0.6 is 0 Å². The molecular formula is C19H18FNO2. The summed E-state index contributed by atoms with van der Waals surface area (Å²) in [6.45, 7) is 1.79. The van der Waals surface area contributed by atoms with Gasteiger partial charge in [-0.2, -0.15) is 0 Å². The first-order chi connectivity index (χ1) is 11.1. The fraction of sp³-hybridized carbons (Fsp3) is 0.263. The minimum absolute atomic E-state index is 0.0782. The summed E-state index contributed by atoms with van der Waals surface area (Å²) >= 11 is 0. The molecular weight excluding hydrogens is 293 g/mol. The lowest BCUT2D eigenvalue weighted by atomic mass is 9.97. The van der Waals surface area contributed by atoms with E-state index in [0.29, 0.717) is 11.3 Å². The Balaban J connectivity index is 2.02. The molecule has 4 heteroatoms. The molecule has 3 nitrogen and oxygen atoms in total. The molecule has 0 aliphatic rings. The Labute approximate surface area is 135 Å². The number of esters is 1. The van der Waals surface area contributed by atoms with Crippen LogP contribution in [0.4, 0.5) is 4.39 Å². The van der Waals surface area contributed by atoms with Gasteiger partial charge < -0.3 is 4.74 Å². The zero-order valence-electron chi connectivity index (χ0n) is 12.9. The molecule has 118 valence electrons. The minimum Gasteiger partial charge on any atom is -0.455 e. The van der Waals surface area contributed by atoms with Crippen LogP contribution in [0.1, 0.15) is 43.0 Å². The van der Waals surface area contributed by atoms with E-state index in [4.69, 9.17) is 11.2 Å². The molecule has 0 aliphatic heterocycles. The average molecular weight is 311 g/mol. The molecule has 1 heterocycles. The number of nitrogens with zero attached hydrogens (tertiary/aromatic N) is 1. The molecule has 0 spiro atoms. The Hall–Kier alpha value is -2.67. The van der Waals surface area contributed by atoms with Crippen molar-refractivity contribution >= 4 is 5.97 Å². The van der Waals surface area contributed by atoms with Gasteiger partial charge in [-0.25, -0.2) is 4.39 Å². The molecule has 23 heavy (non-hydrogen) atoms. The summed E-state index contributed by atoms with van der Waals surface area (Å²) in [5.41, 5.74) is 1.10. The Morgan fingerprint density at radius 2 is 2.04 bits per heavy atom. The van der Waals surface area contributed by atoms with Crippen LogP contribution in [-0.4, -0.2) is 11.0 Å². The van der Waals surface area contributed by atoms with Crippen LogP contribution in [0.5, 0.6) is 0 Å². The van der Waals surface area contributed by atoms with E-state index in [9.17, 15) is 9.18 Å². The molecule has 0 amide bonds. The summed E-state index contributed by atoms with van der Waals surface area (Å²) < 4.78 is 19.2. The van der Waals surface area contributed by atoms with E-state index >= 15 is 0 Å². The summed E-state index contributed by atoms with van der Waals surface area (Å²) in [4.78, 5) is 16.3. The molecule has 2 rings (SSSR count). The smallest absolute Gasteiger partial charge is 0.307 e. The molecule has 0 radical (unpaired) electrons.